The Kier molecular flexibility index (Phi) is 8.73. The topological polar surface area (TPSA) is 0 Å². The maximum Gasteiger partial charge on any atom is 0.341 e. The highest BCUT2D eigenvalue weighted by molar-refractivity contribution is 7.65. The molecule has 0 N–H and O–H groups in total. The fraction of sp³-hybridized carbons (Fsp3) is 1.00. The summed E-state index contributed by atoms with van der Waals surface area (Å²) in [5.41, 5.74) is 0. The summed E-state index contributed by atoms with van der Waals surface area (Å²) in [6.45, 7) is 4.21. The van der Waals surface area contributed by atoms with Crippen molar-refractivity contribution >= 4 is 78.5 Å². The average molecular weight is 381 g/mol. The smallest absolute Gasteiger partial charge is 0.126 e. The summed E-state index contributed by atoms with van der Waals surface area (Å²) in [7, 11) is 0. The maximum atomic E-state index is 5.86. The summed E-state index contributed by atoms with van der Waals surface area (Å²) < 4.78 is 0. The summed E-state index contributed by atoms with van der Waals surface area (Å²) in [6.07, 6.45) is 2.05. The molecule has 0 fully saturated rings. The lowest BCUT2D eigenvalue weighted by atomic mass is 10.0. The maximum absolute atomic E-state index is 5.86. The van der Waals surface area contributed by atoms with E-state index in [1.807, 2.05) is 0 Å². The molecule has 0 saturated heterocycles. The Morgan fingerprint density at radius 2 is 0.938 bits per heavy atom. The Morgan fingerprint density at radius 3 is 1.12 bits per heavy atom. The van der Waals surface area contributed by atoms with Crippen molar-refractivity contribution in [1.29, 1.82) is 0 Å². The van der Waals surface area contributed by atoms with Gasteiger partial charge in [0.15, 0.2) is 0 Å². The fourth-order valence-corrected chi connectivity index (χ4v) is 8.29. The van der Waals surface area contributed by atoms with E-state index in [9.17, 15) is 0 Å². The Balaban J connectivity index is 3.80. The van der Waals surface area contributed by atoms with Gasteiger partial charge in [-0.1, -0.05) is 26.7 Å². The first kappa shape index (κ1) is 18.2. The van der Waals surface area contributed by atoms with Gasteiger partial charge in [-0.2, -0.15) is 0 Å². The SMILES string of the molecule is CC(CCC(C)C[Si](Cl)(Cl)Cl)C[Si](Cl)(Cl)Cl. The molecule has 0 aromatic carbocycles. The molecule has 0 aliphatic carbocycles. The standard InChI is InChI=1S/C8H16Cl6Si2/c1-7(5-15(9,10)11)3-4-8(2)6-16(12,13)14/h7-8H,3-6H2,1-2H3. The van der Waals surface area contributed by atoms with E-state index in [-0.39, 0.29) is 0 Å². The van der Waals surface area contributed by atoms with Gasteiger partial charge < -0.3 is 0 Å². The molecule has 0 spiro atoms. The number of hydrogen-bond donors (Lipinski definition) is 0. The van der Waals surface area contributed by atoms with Crippen LogP contribution in [0.2, 0.25) is 12.1 Å². The van der Waals surface area contributed by atoms with Crippen molar-refractivity contribution in [2.24, 2.45) is 11.8 Å². The predicted molar refractivity (Wildman–Crippen MR) is 83.8 cm³/mol. The van der Waals surface area contributed by atoms with Gasteiger partial charge in [0.05, 0.1) is 0 Å². The van der Waals surface area contributed by atoms with Gasteiger partial charge in [0.1, 0.15) is 0 Å². The van der Waals surface area contributed by atoms with Crippen molar-refractivity contribution in [3.05, 3.63) is 0 Å². The molecule has 16 heavy (non-hydrogen) atoms. The summed E-state index contributed by atoms with van der Waals surface area (Å²) >= 11 is 35.2. The zero-order chi connectivity index (χ0) is 13.0. The molecule has 0 rings (SSSR count). The third kappa shape index (κ3) is 12.6. The van der Waals surface area contributed by atoms with Crippen molar-refractivity contribution in [1.82, 2.24) is 0 Å². The highest BCUT2D eigenvalue weighted by Gasteiger charge is 2.29. The van der Waals surface area contributed by atoms with E-state index in [1.165, 1.54) is 0 Å². The Hall–Kier alpha value is 2.17. The lowest BCUT2D eigenvalue weighted by molar-refractivity contribution is 0.473. The van der Waals surface area contributed by atoms with E-state index in [0.29, 0.717) is 23.9 Å². The number of hydrogen-bond acceptors (Lipinski definition) is 0. The van der Waals surface area contributed by atoms with Crippen molar-refractivity contribution < 1.29 is 0 Å². The normalized spacial score (nSPS) is 17.2. The molecule has 0 saturated carbocycles. The van der Waals surface area contributed by atoms with Gasteiger partial charge in [0.25, 0.3) is 0 Å². The average Bonchev–Trinajstić information content (AvgIpc) is 1.94. The van der Waals surface area contributed by atoms with Gasteiger partial charge in [-0.3, -0.25) is 0 Å². The van der Waals surface area contributed by atoms with E-state index in [4.69, 9.17) is 66.5 Å². The highest BCUT2D eigenvalue weighted by Crippen LogP contribution is 2.34. The minimum Gasteiger partial charge on any atom is -0.126 e. The first-order chi connectivity index (χ1) is 6.99. The van der Waals surface area contributed by atoms with Crippen LogP contribution in [0.5, 0.6) is 0 Å². The van der Waals surface area contributed by atoms with Crippen molar-refractivity contribution in [2.75, 3.05) is 0 Å². The van der Waals surface area contributed by atoms with E-state index in [2.05, 4.69) is 13.8 Å². The van der Waals surface area contributed by atoms with Crippen molar-refractivity contribution in [3.63, 3.8) is 0 Å². The molecule has 0 nitrogen and oxygen atoms in total. The van der Waals surface area contributed by atoms with Gasteiger partial charge in [0.2, 0.25) is 0 Å². The van der Waals surface area contributed by atoms with E-state index in [1.54, 1.807) is 0 Å². The molecule has 0 aromatic rings. The molecule has 8 heteroatoms. The van der Waals surface area contributed by atoms with Crippen LogP contribution in [0, 0.1) is 11.8 Å². The van der Waals surface area contributed by atoms with Crippen LogP contribution in [0.4, 0.5) is 0 Å². The highest BCUT2D eigenvalue weighted by atomic mass is 35.8. The second-order valence-corrected chi connectivity index (χ2v) is 22.8. The van der Waals surface area contributed by atoms with Crippen LogP contribution in [0.3, 0.4) is 0 Å². The first-order valence-electron chi connectivity index (χ1n) is 5.13. The Bertz CT molecular complexity index is 178. The molecule has 0 radical (unpaired) electrons. The van der Waals surface area contributed by atoms with E-state index >= 15 is 0 Å². The summed E-state index contributed by atoms with van der Waals surface area (Å²) in [5.74, 6) is 0.859. The third-order valence-electron chi connectivity index (χ3n) is 2.31. The van der Waals surface area contributed by atoms with E-state index in [0.717, 1.165) is 12.8 Å². The van der Waals surface area contributed by atoms with Gasteiger partial charge in [-0.05, 0) is 23.9 Å². The largest absolute Gasteiger partial charge is 0.341 e. The second kappa shape index (κ2) is 7.69. The van der Waals surface area contributed by atoms with Gasteiger partial charge in [-0.15, -0.1) is 66.5 Å². The molecule has 0 aromatic heterocycles. The molecular formula is C8H16Cl6Si2. The van der Waals surface area contributed by atoms with Crippen molar-refractivity contribution in [3.8, 4) is 0 Å². The molecule has 0 aliphatic rings. The third-order valence-corrected chi connectivity index (χ3v) is 7.41. The van der Waals surface area contributed by atoms with Crippen LogP contribution < -0.4 is 0 Å². The lowest BCUT2D eigenvalue weighted by Gasteiger charge is -2.19. The fourth-order valence-electron chi connectivity index (χ4n) is 1.56. The first-order valence-corrected chi connectivity index (χ1v) is 15.6. The minimum absolute atomic E-state index is 0.429. The van der Waals surface area contributed by atoms with Crippen LogP contribution in [0.15, 0.2) is 0 Å². The summed E-state index contributed by atoms with van der Waals surface area (Å²) in [4.78, 5) is 0. The number of rotatable bonds is 7. The van der Waals surface area contributed by atoms with Crippen LogP contribution in [0.25, 0.3) is 0 Å². The molecule has 0 amide bonds. The molecule has 2 atom stereocenters. The zero-order valence-corrected chi connectivity index (χ0v) is 15.8. The predicted octanol–water partition coefficient (Wildman–Crippen LogP) is 6.35. The molecular weight excluding hydrogens is 365 g/mol. The molecule has 0 aliphatic heterocycles. The monoisotopic (exact) mass is 378 g/mol. The summed E-state index contributed by atoms with van der Waals surface area (Å²) in [6, 6.07) is -3.58. The molecule has 98 valence electrons. The van der Waals surface area contributed by atoms with Crippen molar-refractivity contribution in [2.45, 2.75) is 38.8 Å². The van der Waals surface area contributed by atoms with Crippen LogP contribution >= 0.6 is 66.5 Å². The van der Waals surface area contributed by atoms with E-state index < -0.39 is 12.0 Å². The minimum atomic E-state index is -2.49. The Morgan fingerprint density at radius 1 is 0.688 bits per heavy atom. The Labute approximate surface area is 128 Å². The quantitative estimate of drug-likeness (QED) is 0.356. The van der Waals surface area contributed by atoms with Crippen LogP contribution in [0.1, 0.15) is 26.7 Å². The molecule has 0 bridgehead atoms. The lowest BCUT2D eigenvalue weighted by Crippen LogP contribution is -2.17. The molecule has 2 unspecified atom stereocenters. The number of halogens is 6. The van der Waals surface area contributed by atoms with Crippen LogP contribution in [-0.4, -0.2) is 12.0 Å². The van der Waals surface area contributed by atoms with Gasteiger partial charge in [0, 0.05) is 0 Å². The van der Waals surface area contributed by atoms with Gasteiger partial charge >= 0.3 is 12.0 Å². The summed E-state index contributed by atoms with van der Waals surface area (Å²) in [5, 5.41) is 0. The van der Waals surface area contributed by atoms with Crippen LogP contribution in [-0.2, 0) is 0 Å². The second-order valence-electron chi connectivity index (χ2n) is 4.43. The molecule has 0 heterocycles. The van der Waals surface area contributed by atoms with Gasteiger partial charge in [-0.25, -0.2) is 0 Å². The zero-order valence-electron chi connectivity index (χ0n) is 9.25.